The molecule has 0 saturated heterocycles. The molecule has 0 aromatic heterocycles. The zero-order valence-electron chi connectivity index (χ0n) is 33.5. The van der Waals surface area contributed by atoms with Crippen LogP contribution in [0.1, 0.15) is 181 Å². The number of ether oxygens (including phenoxy) is 2. The van der Waals surface area contributed by atoms with Crippen molar-refractivity contribution in [2.75, 3.05) is 26.4 Å². The molecule has 0 rings (SSSR count). The van der Waals surface area contributed by atoms with Crippen molar-refractivity contribution in [3.63, 3.8) is 0 Å². The lowest BCUT2D eigenvalue weighted by Gasteiger charge is -2.20. The van der Waals surface area contributed by atoms with E-state index in [0.717, 1.165) is 38.5 Å². The quantitative estimate of drug-likeness (QED) is 0.0138. The van der Waals surface area contributed by atoms with Crippen LogP contribution >= 0.6 is 7.82 Å². The number of hydrogen-bond acceptors (Lipinski definition) is 9. The van der Waals surface area contributed by atoms with Gasteiger partial charge in [0.2, 0.25) is 0 Å². The van der Waals surface area contributed by atoms with Crippen LogP contribution in [-0.4, -0.2) is 65.7 Å². The van der Waals surface area contributed by atoms with Crippen LogP contribution in [0.2, 0.25) is 0 Å². The van der Waals surface area contributed by atoms with E-state index < -0.39 is 51.8 Å². The number of hydrogen-bond donors (Lipinski definition) is 3. The molecule has 3 atom stereocenters. The van der Waals surface area contributed by atoms with Crippen LogP contribution in [0.3, 0.4) is 0 Å². The molecule has 0 aliphatic carbocycles. The molecule has 10 nitrogen and oxygen atoms in total. The molecule has 53 heavy (non-hydrogen) atoms. The highest BCUT2D eigenvalue weighted by Gasteiger charge is 2.27. The zero-order valence-corrected chi connectivity index (χ0v) is 34.4. The molecule has 0 aliphatic rings. The van der Waals surface area contributed by atoms with Gasteiger partial charge in [0.1, 0.15) is 12.7 Å². The van der Waals surface area contributed by atoms with Gasteiger partial charge in [0.15, 0.2) is 6.10 Å². The van der Waals surface area contributed by atoms with Gasteiger partial charge in [-0.2, -0.15) is 0 Å². The van der Waals surface area contributed by atoms with Crippen LogP contribution in [0.15, 0.2) is 36.5 Å². The monoisotopic (exact) mass is 773 g/mol. The first-order chi connectivity index (χ1) is 25.7. The molecule has 1 unspecified atom stereocenters. The minimum Gasteiger partial charge on any atom is -0.458 e. The molecule has 0 heterocycles. The van der Waals surface area contributed by atoms with E-state index in [1.165, 1.54) is 122 Å². The summed E-state index contributed by atoms with van der Waals surface area (Å²) < 4.78 is 32.5. The Labute approximate surface area is 322 Å². The first kappa shape index (κ1) is 51.2. The van der Waals surface area contributed by atoms with Crippen LogP contribution in [0, 0.1) is 0 Å². The fourth-order valence-corrected chi connectivity index (χ4v) is 6.40. The van der Waals surface area contributed by atoms with E-state index in [9.17, 15) is 24.2 Å². The average Bonchev–Trinajstić information content (AvgIpc) is 3.14. The SMILES string of the molecule is CCCCCCCCCC/C=C/CCCCCC(=O)O[C@H](COC(=O)/C=C/C=C/CCCCCCCCCCCCC)COP(=O)(O)OC[C@@H](O)CO. The molecule has 310 valence electrons. The van der Waals surface area contributed by atoms with Crippen molar-refractivity contribution in [2.45, 2.75) is 193 Å². The number of unbranched alkanes of at least 4 members (excludes halogenated alkanes) is 22. The summed E-state index contributed by atoms with van der Waals surface area (Å²) in [6, 6.07) is 0. The molecular formula is C42H77O10P. The number of phosphoric acid groups is 1. The maximum Gasteiger partial charge on any atom is 0.472 e. The predicted octanol–water partition coefficient (Wildman–Crippen LogP) is 10.8. The van der Waals surface area contributed by atoms with E-state index in [2.05, 4.69) is 30.5 Å². The Hall–Kier alpha value is -1.81. The van der Waals surface area contributed by atoms with Crippen molar-refractivity contribution >= 4 is 19.8 Å². The van der Waals surface area contributed by atoms with Crippen LogP contribution < -0.4 is 0 Å². The summed E-state index contributed by atoms with van der Waals surface area (Å²) in [7, 11) is -4.64. The lowest BCUT2D eigenvalue weighted by Crippen LogP contribution is -2.29. The second-order valence-corrected chi connectivity index (χ2v) is 15.5. The molecule has 11 heteroatoms. The summed E-state index contributed by atoms with van der Waals surface area (Å²) >= 11 is 0. The summed E-state index contributed by atoms with van der Waals surface area (Å²) in [5.41, 5.74) is 0. The van der Waals surface area contributed by atoms with E-state index in [-0.39, 0.29) is 13.0 Å². The smallest absolute Gasteiger partial charge is 0.458 e. The molecule has 0 spiro atoms. The third kappa shape index (κ3) is 38.3. The second kappa shape index (κ2) is 38.5. The standard InChI is InChI=1S/C42H77O10P/c1-3-5-7-9-11-13-15-17-19-21-23-25-27-29-31-33-41(45)49-37-40(38-51-53(47,48)50-36-39(44)35-43)52-42(46)34-32-30-28-26-24-22-20-18-16-14-12-10-8-6-4-2/h22,24,27,29,31,33,39-40,43-44H,3-21,23,25-26,28,30,32,34-38H2,1-2H3,(H,47,48)/b24-22+,29-27+,33-31+/t39-,40+/m0/s1. The van der Waals surface area contributed by atoms with Gasteiger partial charge in [-0.05, 0) is 44.9 Å². The Balaban J connectivity index is 4.44. The normalized spacial score (nSPS) is 14.3. The van der Waals surface area contributed by atoms with Crippen molar-refractivity contribution in [2.24, 2.45) is 0 Å². The van der Waals surface area contributed by atoms with Gasteiger partial charge < -0.3 is 24.6 Å². The highest BCUT2D eigenvalue weighted by Crippen LogP contribution is 2.43. The Kier molecular flexibility index (Phi) is 37.2. The lowest BCUT2D eigenvalue weighted by atomic mass is 10.1. The van der Waals surface area contributed by atoms with Crippen molar-refractivity contribution < 1.29 is 47.8 Å². The van der Waals surface area contributed by atoms with Gasteiger partial charge >= 0.3 is 19.8 Å². The Bertz CT molecular complexity index is 983. The molecule has 0 aromatic carbocycles. The molecule has 0 saturated carbocycles. The van der Waals surface area contributed by atoms with Gasteiger partial charge in [-0.1, -0.05) is 160 Å². The number of carbonyl (C=O) groups is 2. The Morgan fingerprint density at radius 1 is 0.604 bits per heavy atom. The average molecular weight is 773 g/mol. The molecule has 0 radical (unpaired) electrons. The van der Waals surface area contributed by atoms with E-state index in [1.54, 1.807) is 12.2 Å². The minimum atomic E-state index is -4.64. The summed E-state index contributed by atoms with van der Waals surface area (Å²) in [6.45, 7) is 2.23. The van der Waals surface area contributed by atoms with Gasteiger partial charge in [0.25, 0.3) is 0 Å². The number of phosphoric ester groups is 1. The first-order valence-corrected chi connectivity index (χ1v) is 22.5. The van der Waals surface area contributed by atoms with Gasteiger partial charge in [0.05, 0.1) is 19.8 Å². The first-order valence-electron chi connectivity index (χ1n) is 21.0. The second-order valence-electron chi connectivity index (χ2n) is 14.1. The zero-order chi connectivity index (χ0) is 39.1. The maximum absolute atomic E-state index is 12.6. The predicted molar refractivity (Wildman–Crippen MR) is 214 cm³/mol. The number of carbonyl (C=O) groups excluding carboxylic acids is 2. The summed E-state index contributed by atoms with van der Waals surface area (Å²) in [6.07, 6.45) is 38.9. The number of rotatable bonds is 39. The van der Waals surface area contributed by atoms with Crippen LogP contribution in [-0.2, 0) is 32.7 Å². The van der Waals surface area contributed by atoms with Gasteiger partial charge in [-0.25, -0.2) is 9.36 Å². The van der Waals surface area contributed by atoms with Gasteiger partial charge in [-0.3, -0.25) is 13.8 Å². The molecule has 0 amide bonds. The molecule has 0 aliphatic heterocycles. The third-order valence-corrected chi connectivity index (χ3v) is 9.82. The molecule has 0 bridgehead atoms. The van der Waals surface area contributed by atoms with Gasteiger partial charge in [0, 0.05) is 12.5 Å². The van der Waals surface area contributed by atoms with Gasteiger partial charge in [-0.15, -0.1) is 0 Å². The summed E-state index contributed by atoms with van der Waals surface area (Å²) in [4.78, 5) is 34.8. The van der Waals surface area contributed by atoms with E-state index in [4.69, 9.17) is 19.1 Å². The highest BCUT2D eigenvalue weighted by molar-refractivity contribution is 7.47. The fraction of sp³-hybridized carbons (Fsp3) is 0.810. The van der Waals surface area contributed by atoms with Crippen LogP contribution in [0.25, 0.3) is 0 Å². The Morgan fingerprint density at radius 3 is 1.57 bits per heavy atom. The number of allylic oxidation sites excluding steroid dienone is 5. The van der Waals surface area contributed by atoms with E-state index in [1.807, 2.05) is 6.08 Å². The number of aliphatic hydroxyl groups is 2. The number of aliphatic hydroxyl groups excluding tert-OH is 2. The van der Waals surface area contributed by atoms with E-state index >= 15 is 0 Å². The minimum absolute atomic E-state index is 0.145. The highest BCUT2D eigenvalue weighted by atomic mass is 31.2. The maximum atomic E-state index is 12.6. The number of esters is 2. The van der Waals surface area contributed by atoms with E-state index in [0.29, 0.717) is 6.42 Å². The summed E-state index contributed by atoms with van der Waals surface area (Å²) in [5.74, 6) is -1.19. The van der Waals surface area contributed by atoms with Crippen LogP contribution in [0.5, 0.6) is 0 Å². The van der Waals surface area contributed by atoms with Crippen molar-refractivity contribution in [3.8, 4) is 0 Å². The topological polar surface area (TPSA) is 149 Å². The summed E-state index contributed by atoms with van der Waals surface area (Å²) in [5, 5.41) is 18.3. The molecular weight excluding hydrogens is 695 g/mol. The van der Waals surface area contributed by atoms with Crippen molar-refractivity contribution in [1.29, 1.82) is 0 Å². The van der Waals surface area contributed by atoms with Crippen molar-refractivity contribution in [3.05, 3.63) is 36.5 Å². The molecule has 0 aromatic rings. The van der Waals surface area contributed by atoms with Crippen molar-refractivity contribution in [1.82, 2.24) is 0 Å². The molecule has 0 fully saturated rings. The van der Waals surface area contributed by atoms with Crippen LogP contribution in [0.4, 0.5) is 0 Å². The largest absolute Gasteiger partial charge is 0.472 e. The fourth-order valence-electron chi connectivity index (χ4n) is 5.61. The molecule has 3 N–H and O–H groups in total. The Morgan fingerprint density at radius 2 is 1.06 bits per heavy atom. The third-order valence-electron chi connectivity index (χ3n) is 8.87. The lowest BCUT2D eigenvalue weighted by molar-refractivity contribution is -0.159.